The molecule has 0 aliphatic heterocycles. The number of benzene rings is 15. The highest BCUT2D eigenvalue weighted by Gasteiger charge is 2.63. The van der Waals surface area contributed by atoms with Crippen molar-refractivity contribution in [1.29, 1.82) is 0 Å². The van der Waals surface area contributed by atoms with Crippen molar-refractivity contribution in [2.24, 2.45) is 47.3 Å². The van der Waals surface area contributed by atoms with Crippen LogP contribution in [0.15, 0.2) is 334 Å². The van der Waals surface area contributed by atoms with Crippen LogP contribution in [0.4, 0.5) is 0 Å². The van der Waals surface area contributed by atoms with Gasteiger partial charge in [0.2, 0.25) is 0 Å². The molecular formula is C118H95N3O. The smallest absolute Gasteiger partial charge is 0.119 e. The van der Waals surface area contributed by atoms with Gasteiger partial charge in [-0.15, -0.1) is 0 Å². The summed E-state index contributed by atoms with van der Waals surface area (Å²) in [5.74, 6) is 7.63. The summed E-state index contributed by atoms with van der Waals surface area (Å²) < 4.78 is 5.92. The summed E-state index contributed by atoms with van der Waals surface area (Å²) in [5.41, 5.74) is 36.0. The normalized spacial score (nSPS) is 22.2. The first-order valence-electron chi connectivity index (χ1n) is 44.9. The van der Waals surface area contributed by atoms with Gasteiger partial charge in [0.1, 0.15) is 5.75 Å². The topological polar surface area (TPSA) is 47.9 Å². The Morgan fingerprint density at radius 2 is 0.697 bits per heavy atom. The molecule has 8 saturated carbocycles. The van der Waals surface area contributed by atoms with Crippen LogP contribution in [-0.4, -0.2) is 22.1 Å². The molecule has 0 amide bonds. The van der Waals surface area contributed by atoms with Crippen LogP contribution in [0.25, 0.3) is 176 Å². The minimum atomic E-state index is 0.0908. The van der Waals surface area contributed by atoms with E-state index in [1.165, 1.54) is 230 Å². The largest absolute Gasteiger partial charge is 0.497 e. The molecule has 4 nitrogen and oxygen atoms in total. The van der Waals surface area contributed by atoms with Gasteiger partial charge >= 0.3 is 0 Å². The van der Waals surface area contributed by atoms with E-state index in [2.05, 4.69) is 323 Å². The lowest BCUT2D eigenvalue weighted by atomic mass is 9.43. The zero-order valence-corrected chi connectivity index (χ0v) is 69.7. The average molecular weight is 1570 g/mol. The van der Waals surface area contributed by atoms with Gasteiger partial charge in [0.25, 0.3) is 0 Å². The molecule has 18 aromatic rings. The van der Waals surface area contributed by atoms with Gasteiger partial charge < -0.3 is 4.74 Å². The quantitative estimate of drug-likeness (QED) is 0.107. The van der Waals surface area contributed by atoms with E-state index in [0.717, 1.165) is 63.1 Å². The number of hydrogen-bond acceptors (Lipinski definition) is 4. The monoisotopic (exact) mass is 1570 g/mol. The summed E-state index contributed by atoms with van der Waals surface area (Å²) in [7, 11) is 1.82. The Labute approximate surface area is 714 Å². The summed E-state index contributed by atoms with van der Waals surface area (Å²) in [6, 6.07) is 117. The van der Waals surface area contributed by atoms with Crippen LogP contribution in [0.1, 0.15) is 113 Å². The maximum absolute atomic E-state index is 5.92. The minimum Gasteiger partial charge on any atom is -0.497 e. The third kappa shape index (κ3) is 10.8. The van der Waals surface area contributed by atoms with Gasteiger partial charge in [-0.1, -0.05) is 263 Å². The Bertz CT molecular complexity index is 7210. The second kappa shape index (κ2) is 27.6. The third-order valence-corrected chi connectivity index (χ3v) is 31.3. The zero-order chi connectivity index (χ0) is 80.8. The molecule has 2 spiro atoms. The van der Waals surface area contributed by atoms with Gasteiger partial charge in [0, 0.05) is 46.4 Å². The predicted molar refractivity (Wildman–Crippen MR) is 507 cm³/mol. The van der Waals surface area contributed by atoms with Crippen molar-refractivity contribution in [3.63, 3.8) is 0 Å². The molecule has 3 heterocycles. The first-order valence-corrected chi connectivity index (χ1v) is 44.9. The standard InChI is InChI=1S/C61H46N2O.C57H49N/c1-64-45-24-25-52-55(35-45)61(43-29-36-28-37(31-43)32-44(61)30-36)54-19-7-17-46(58(52)54)39-22-20-38(21-23-39)40-10-6-11-41(33-40)56-47-13-2-4-15-49(47)57(50-16-5-3-14-48(50)56)53-34-42-12-8-26-62-59(42)60-51(53)18-9-27-63-60;1-56(2,3)43-19-20-46-51-33-41(18-21-52(51)57(53(46)34-43)44-27-35-26-36(29-44)30-45(57)28-35)39-11-8-10-38(31-39)40-12-9-13-42(32-40)55-49-16-6-4-14-47(49)54(37-22-24-58-25-23-37)48-15-5-7-17-50(48)55/h2-27,33-37,43-44H,28-32H2,1H3;4-25,31-36,44-45H,26-30H2,1-3H3. The van der Waals surface area contributed by atoms with E-state index in [1.54, 1.807) is 16.7 Å². The number of aromatic nitrogens is 3. The molecule has 10 aliphatic carbocycles. The van der Waals surface area contributed by atoms with Crippen molar-refractivity contribution in [2.45, 2.75) is 101 Å². The average Bonchev–Trinajstić information content (AvgIpc) is 1.51. The number of pyridine rings is 3. The van der Waals surface area contributed by atoms with E-state index in [1.807, 2.05) is 44.0 Å². The van der Waals surface area contributed by atoms with E-state index in [4.69, 9.17) is 14.7 Å². The molecule has 588 valence electrons. The number of fused-ring (bicyclic) bond motifs is 13. The molecule has 122 heavy (non-hydrogen) atoms. The Morgan fingerprint density at radius 1 is 0.262 bits per heavy atom. The Kier molecular flexibility index (Phi) is 16.3. The number of methoxy groups -OCH3 is 1. The molecule has 0 N–H and O–H groups in total. The van der Waals surface area contributed by atoms with E-state index in [9.17, 15) is 0 Å². The van der Waals surface area contributed by atoms with Crippen LogP contribution in [0, 0.1) is 47.3 Å². The lowest BCUT2D eigenvalue weighted by Gasteiger charge is -2.61. The minimum absolute atomic E-state index is 0.0908. The van der Waals surface area contributed by atoms with Gasteiger partial charge in [-0.3, -0.25) is 15.0 Å². The van der Waals surface area contributed by atoms with Crippen molar-refractivity contribution in [3.8, 4) is 117 Å². The van der Waals surface area contributed by atoms with Crippen molar-refractivity contribution in [1.82, 2.24) is 15.0 Å². The fraction of sp³-hybridized carbons (Fsp3) is 0.212. The predicted octanol–water partition coefficient (Wildman–Crippen LogP) is 30.6. The lowest BCUT2D eigenvalue weighted by Crippen LogP contribution is -2.55. The van der Waals surface area contributed by atoms with Crippen LogP contribution < -0.4 is 4.74 Å². The van der Waals surface area contributed by atoms with Crippen molar-refractivity contribution in [3.05, 3.63) is 362 Å². The number of rotatable bonds is 9. The number of hydrogen-bond donors (Lipinski definition) is 0. The van der Waals surface area contributed by atoms with Crippen molar-refractivity contribution < 1.29 is 4.74 Å². The second-order valence-corrected chi connectivity index (χ2v) is 38.4. The van der Waals surface area contributed by atoms with E-state index in [0.29, 0.717) is 11.8 Å². The molecule has 28 rings (SSSR count). The SMILES string of the molecule is CC(C)(C)c1ccc2c(c1)C1(c3ccc(-c4cccc(-c5cccc(-c6c7ccccc7c(-c7ccncc7)c7ccccc67)c5)c4)cc3-2)C2CC3CC(C2)CC1C3.COc1ccc2c(c1)C1(c3cccc(-c4ccc(-c5cccc(-c6c7ccccc7c(-c7cc8cccnc8c8ncccc78)c7ccccc67)c5)cc4)c3-2)C2CC3CC(C2)CC1C3. The van der Waals surface area contributed by atoms with Gasteiger partial charge in [-0.2, -0.15) is 0 Å². The second-order valence-electron chi connectivity index (χ2n) is 38.4. The molecule has 0 radical (unpaired) electrons. The number of nitrogens with zero attached hydrogens (tertiary/aromatic N) is 3. The van der Waals surface area contributed by atoms with E-state index >= 15 is 0 Å². The maximum Gasteiger partial charge on any atom is 0.119 e. The summed E-state index contributed by atoms with van der Waals surface area (Å²) in [4.78, 5) is 14.0. The highest BCUT2D eigenvalue weighted by atomic mass is 16.5. The Balaban J connectivity index is 0.000000135. The summed E-state index contributed by atoms with van der Waals surface area (Å²) >= 11 is 0. The first-order chi connectivity index (χ1) is 60.0. The fourth-order valence-electron chi connectivity index (χ4n) is 26.8. The van der Waals surface area contributed by atoms with Crippen LogP contribution in [-0.2, 0) is 16.2 Å². The molecule has 8 fully saturated rings. The summed E-state index contributed by atoms with van der Waals surface area (Å²) in [6.45, 7) is 7.14. The lowest BCUT2D eigenvalue weighted by molar-refractivity contribution is -0.0400. The molecule has 8 bridgehead atoms. The van der Waals surface area contributed by atoms with Gasteiger partial charge in [0.05, 0.1) is 18.1 Å². The third-order valence-electron chi connectivity index (χ3n) is 31.3. The van der Waals surface area contributed by atoms with Crippen molar-refractivity contribution in [2.75, 3.05) is 7.11 Å². The molecule has 0 saturated heterocycles. The molecule has 15 aromatic carbocycles. The molecule has 3 aromatic heterocycles. The summed E-state index contributed by atoms with van der Waals surface area (Å²) in [5, 5.41) is 12.2. The Hall–Kier alpha value is -12.9. The molecule has 0 unspecified atom stereocenters. The highest BCUT2D eigenvalue weighted by molar-refractivity contribution is 6.26. The summed E-state index contributed by atoms with van der Waals surface area (Å²) in [6.07, 6.45) is 21.6. The van der Waals surface area contributed by atoms with Crippen LogP contribution in [0.3, 0.4) is 0 Å². The fourth-order valence-corrected chi connectivity index (χ4v) is 26.8. The highest BCUT2D eigenvalue weighted by Crippen LogP contribution is 2.72. The van der Waals surface area contributed by atoms with Crippen LogP contribution >= 0.6 is 0 Å². The van der Waals surface area contributed by atoms with Crippen molar-refractivity contribution >= 4 is 64.9 Å². The van der Waals surface area contributed by atoms with Crippen LogP contribution in [0.5, 0.6) is 5.75 Å². The van der Waals surface area contributed by atoms with Crippen LogP contribution in [0.2, 0.25) is 0 Å². The van der Waals surface area contributed by atoms with Gasteiger partial charge in [-0.25, -0.2) is 0 Å². The van der Waals surface area contributed by atoms with E-state index < -0.39 is 0 Å². The van der Waals surface area contributed by atoms with E-state index in [-0.39, 0.29) is 16.2 Å². The first kappa shape index (κ1) is 72.0. The Morgan fingerprint density at radius 3 is 1.24 bits per heavy atom. The molecule has 0 atom stereocenters. The molecule has 4 heteroatoms. The maximum atomic E-state index is 5.92. The number of ether oxygens (including phenoxy) is 1. The van der Waals surface area contributed by atoms with Gasteiger partial charge in [-0.05, 0) is 366 Å². The molecular weight excluding hydrogens is 1480 g/mol. The zero-order valence-electron chi connectivity index (χ0n) is 69.7. The van der Waals surface area contributed by atoms with Gasteiger partial charge in [0.15, 0.2) is 0 Å². The molecule has 10 aliphatic rings.